The average Bonchev–Trinajstić information content (AvgIpc) is 2.78. The summed E-state index contributed by atoms with van der Waals surface area (Å²) in [6, 6.07) is 2.20. The molecule has 0 saturated heterocycles. The van der Waals surface area contributed by atoms with Gasteiger partial charge in [0.25, 0.3) is 0 Å². The van der Waals surface area contributed by atoms with Gasteiger partial charge in [-0.05, 0) is 54.7 Å². The van der Waals surface area contributed by atoms with E-state index in [1.807, 2.05) is 11.3 Å². The van der Waals surface area contributed by atoms with E-state index in [1.54, 1.807) is 0 Å². The molecule has 1 aliphatic rings. The summed E-state index contributed by atoms with van der Waals surface area (Å²) in [6.45, 7) is 7.46. The van der Waals surface area contributed by atoms with Gasteiger partial charge in [-0.1, -0.05) is 19.8 Å². The summed E-state index contributed by atoms with van der Waals surface area (Å²) in [4.78, 5) is 1.46. The summed E-state index contributed by atoms with van der Waals surface area (Å²) in [6.07, 6.45) is 5.27. The molecule has 1 aromatic rings. The molecule has 0 aliphatic heterocycles. The van der Waals surface area contributed by atoms with E-state index in [9.17, 15) is 0 Å². The van der Waals surface area contributed by atoms with Crippen molar-refractivity contribution in [1.82, 2.24) is 5.32 Å². The minimum Gasteiger partial charge on any atom is -0.330 e. The first-order chi connectivity index (χ1) is 8.65. The molecule has 2 nitrogen and oxygen atoms in total. The molecule has 0 bridgehead atoms. The van der Waals surface area contributed by atoms with Crippen LogP contribution in [0.3, 0.4) is 0 Å². The zero-order valence-corrected chi connectivity index (χ0v) is 12.5. The minimum absolute atomic E-state index is 0.359. The molecule has 1 aliphatic carbocycles. The van der Waals surface area contributed by atoms with Gasteiger partial charge in [0.15, 0.2) is 0 Å². The second kappa shape index (κ2) is 6.18. The van der Waals surface area contributed by atoms with Gasteiger partial charge < -0.3 is 11.1 Å². The van der Waals surface area contributed by atoms with Gasteiger partial charge in [-0.15, -0.1) is 11.3 Å². The molecule has 0 atom stereocenters. The van der Waals surface area contributed by atoms with Crippen LogP contribution in [-0.2, 0) is 6.54 Å². The maximum atomic E-state index is 6.04. The van der Waals surface area contributed by atoms with Crippen LogP contribution in [0.5, 0.6) is 0 Å². The standard InChI is InChI=1S/C15H26N2S/c1-12-3-6-15(10-16,7-4-12)11-17-9-14-13(2)5-8-18-14/h5,8,12,17H,3-4,6-7,9-11,16H2,1-2H3. The number of nitrogens with one attached hydrogen (secondary N) is 1. The van der Waals surface area contributed by atoms with Crippen LogP contribution >= 0.6 is 11.3 Å². The van der Waals surface area contributed by atoms with Crippen molar-refractivity contribution in [3.63, 3.8) is 0 Å². The molecule has 3 heteroatoms. The molecule has 0 radical (unpaired) electrons. The van der Waals surface area contributed by atoms with Crippen molar-refractivity contribution in [3.8, 4) is 0 Å². The predicted octanol–water partition coefficient (Wildman–Crippen LogP) is 3.30. The lowest BCUT2D eigenvalue weighted by atomic mass is 9.71. The fourth-order valence-electron chi connectivity index (χ4n) is 2.85. The Balaban J connectivity index is 1.82. The van der Waals surface area contributed by atoms with E-state index in [-0.39, 0.29) is 0 Å². The first-order valence-corrected chi connectivity index (χ1v) is 7.97. The molecule has 1 saturated carbocycles. The lowest BCUT2D eigenvalue weighted by molar-refractivity contribution is 0.159. The Morgan fingerprint density at radius 2 is 2.17 bits per heavy atom. The summed E-state index contributed by atoms with van der Waals surface area (Å²) in [5.74, 6) is 0.893. The smallest absolute Gasteiger partial charge is 0.0302 e. The lowest BCUT2D eigenvalue weighted by Crippen LogP contribution is -2.42. The van der Waals surface area contributed by atoms with Crippen molar-refractivity contribution in [1.29, 1.82) is 0 Å². The Labute approximate surface area is 115 Å². The first kappa shape index (κ1) is 14.0. The van der Waals surface area contributed by atoms with E-state index in [4.69, 9.17) is 5.73 Å². The van der Waals surface area contributed by atoms with Gasteiger partial charge in [0.1, 0.15) is 0 Å². The Bertz CT molecular complexity index is 364. The maximum absolute atomic E-state index is 6.04. The van der Waals surface area contributed by atoms with Gasteiger partial charge in [0.05, 0.1) is 0 Å². The molecule has 1 fully saturated rings. The van der Waals surface area contributed by atoms with Crippen molar-refractivity contribution in [2.75, 3.05) is 13.1 Å². The summed E-state index contributed by atoms with van der Waals surface area (Å²) in [5, 5.41) is 5.81. The molecule has 1 heterocycles. The van der Waals surface area contributed by atoms with Gasteiger partial charge in [0.2, 0.25) is 0 Å². The van der Waals surface area contributed by atoms with Crippen LogP contribution < -0.4 is 11.1 Å². The van der Waals surface area contributed by atoms with Crippen LogP contribution in [0.15, 0.2) is 11.4 Å². The Morgan fingerprint density at radius 3 is 2.72 bits per heavy atom. The third kappa shape index (κ3) is 3.34. The zero-order valence-electron chi connectivity index (χ0n) is 11.7. The van der Waals surface area contributed by atoms with Gasteiger partial charge in [-0.2, -0.15) is 0 Å². The van der Waals surface area contributed by atoms with E-state index in [0.29, 0.717) is 5.41 Å². The van der Waals surface area contributed by atoms with E-state index in [0.717, 1.165) is 25.6 Å². The van der Waals surface area contributed by atoms with Crippen molar-refractivity contribution in [2.24, 2.45) is 17.1 Å². The van der Waals surface area contributed by atoms with E-state index < -0.39 is 0 Å². The number of nitrogens with two attached hydrogens (primary N) is 1. The highest BCUT2D eigenvalue weighted by molar-refractivity contribution is 7.10. The van der Waals surface area contributed by atoms with Crippen molar-refractivity contribution >= 4 is 11.3 Å². The summed E-state index contributed by atoms with van der Waals surface area (Å²) in [5.41, 5.74) is 7.80. The molecule has 1 aromatic heterocycles. The molecule has 3 N–H and O–H groups in total. The Kier molecular flexibility index (Phi) is 4.82. The van der Waals surface area contributed by atoms with Gasteiger partial charge in [-0.25, -0.2) is 0 Å². The fourth-order valence-corrected chi connectivity index (χ4v) is 3.73. The Morgan fingerprint density at radius 1 is 1.44 bits per heavy atom. The van der Waals surface area contributed by atoms with Crippen LogP contribution in [0, 0.1) is 18.3 Å². The number of hydrogen-bond donors (Lipinski definition) is 2. The second-order valence-electron chi connectivity index (χ2n) is 6.02. The lowest BCUT2D eigenvalue weighted by Gasteiger charge is -2.38. The largest absolute Gasteiger partial charge is 0.330 e. The molecule has 2 rings (SSSR count). The van der Waals surface area contributed by atoms with Gasteiger partial charge >= 0.3 is 0 Å². The number of hydrogen-bond acceptors (Lipinski definition) is 3. The SMILES string of the molecule is Cc1ccsc1CNCC1(CN)CCC(C)CC1. The summed E-state index contributed by atoms with van der Waals surface area (Å²) in [7, 11) is 0. The van der Waals surface area contributed by atoms with Crippen molar-refractivity contribution in [3.05, 3.63) is 21.9 Å². The van der Waals surface area contributed by atoms with Crippen molar-refractivity contribution in [2.45, 2.75) is 46.1 Å². The number of rotatable bonds is 5. The topological polar surface area (TPSA) is 38.0 Å². The highest BCUT2D eigenvalue weighted by Crippen LogP contribution is 2.37. The third-order valence-corrected chi connectivity index (χ3v) is 5.54. The van der Waals surface area contributed by atoms with Gasteiger partial charge in [-0.3, -0.25) is 0 Å². The fraction of sp³-hybridized carbons (Fsp3) is 0.733. The zero-order chi connectivity index (χ0) is 13.0. The monoisotopic (exact) mass is 266 g/mol. The van der Waals surface area contributed by atoms with Gasteiger partial charge in [0, 0.05) is 18.0 Å². The molecule has 0 unspecified atom stereocenters. The quantitative estimate of drug-likeness (QED) is 0.858. The molecule has 102 valence electrons. The predicted molar refractivity (Wildman–Crippen MR) is 79.9 cm³/mol. The van der Waals surface area contributed by atoms with Crippen LogP contribution in [0.1, 0.15) is 43.0 Å². The molecular weight excluding hydrogens is 240 g/mol. The molecule has 0 amide bonds. The van der Waals surface area contributed by atoms with Crippen LogP contribution in [0.25, 0.3) is 0 Å². The van der Waals surface area contributed by atoms with Crippen molar-refractivity contribution < 1.29 is 0 Å². The highest BCUT2D eigenvalue weighted by atomic mass is 32.1. The third-order valence-electron chi connectivity index (χ3n) is 4.52. The highest BCUT2D eigenvalue weighted by Gasteiger charge is 2.32. The normalized spacial score (nSPS) is 28.5. The van der Waals surface area contributed by atoms with E-state index >= 15 is 0 Å². The second-order valence-corrected chi connectivity index (χ2v) is 7.02. The average molecular weight is 266 g/mol. The van der Waals surface area contributed by atoms with E-state index in [2.05, 4.69) is 30.6 Å². The van der Waals surface area contributed by atoms with Crippen LogP contribution in [-0.4, -0.2) is 13.1 Å². The maximum Gasteiger partial charge on any atom is 0.0302 e. The summed E-state index contributed by atoms with van der Waals surface area (Å²) < 4.78 is 0. The number of aryl methyl sites for hydroxylation is 1. The van der Waals surface area contributed by atoms with Crippen LogP contribution in [0.4, 0.5) is 0 Å². The van der Waals surface area contributed by atoms with Crippen LogP contribution in [0.2, 0.25) is 0 Å². The summed E-state index contributed by atoms with van der Waals surface area (Å²) >= 11 is 1.85. The van der Waals surface area contributed by atoms with E-state index in [1.165, 1.54) is 36.1 Å². The minimum atomic E-state index is 0.359. The molecule has 0 spiro atoms. The number of thiophene rings is 1. The first-order valence-electron chi connectivity index (χ1n) is 7.09. The molecule has 18 heavy (non-hydrogen) atoms. The molecule has 0 aromatic carbocycles. The Hall–Kier alpha value is -0.380. The molecular formula is C15H26N2S.